The second-order valence-electron chi connectivity index (χ2n) is 5.76. The summed E-state index contributed by atoms with van der Waals surface area (Å²) in [5, 5.41) is 11.9. The number of hydrogen-bond acceptors (Lipinski definition) is 7. The lowest BCUT2D eigenvalue weighted by Crippen LogP contribution is -2.31. The average Bonchev–Trinajstić information content (AvgIpc) is 2.91. The summed E-state index contributed by atoms with van der Waals surface area (Å²) in [6.07, 6.45) is 0.521. The number of methoxy groups -OCH3 is 1. The van der Waals surface area contributed by atoms with Gasteiger partial charge in [0, 0.05) is 12.2 Å². The van der Waals surface area contributed by atoms with Crippen LogP contribution in [-0.2, 0) is 24.2 Å². The molecule has 1 aromatic rings. The van der Waals surface area contributed by atoms with E-state index in [2.05, 4.69) is 5.32 Å². The van der Waals surface area contributed by atoms with E-state index in [-0.39, 0.29) is 41.6 Å². The Morgan fingerprint density at radius 3 is 2.50 bits per heavy atom. The number of β-amino-alcohol motifs (C(OH)–C–C–N with tert-alkyl or cyclic N) is 1. The van der Waals surface area contributed by atoms with Crippen molar-refractivity contribution < 1.29 is 27.9 Å². The van der Waals surface area contributed by atoms with E-state index in [1.54, 1.807) is 6.92 Å². The van der Waals surface area contributed by atoms with E-state index in [9.17, 15) is 18.0 Å². The lowest BCUT2D eigenvalue weighted by molar-refractivity contribution is -0.136. The molecule has 0 saturated carbocycles. The summed E-state index contributed by atoms with van der Waals surface area (Å²) >= 11 is 0. The number of nitrogens with zero attached hydrogens (tertiary/aromatic N) is 1. The summed E-state index contributed by atoms with van der Waals surface area (Å²) < 4.78 is 28.8. The Morgan fingerprint density at radius 2 is 1.96 bits per heavy atom. The monoisotopic (exact) mass is 382 g/mol. The Labute approximate surface area is 152 Å². The van der Waals surface area contributed by atoms with Crippen molar-refractivity contribution in [2.24, 2.45) is 0 Å². The van der Waals surface area contributed by atoms with E-state index in [4.69, 9.17) is 9.84 Å². The third kappa shape index (κ3) is 4.23. The number of rotatable bonds is 8. The minimum atomic E-state index is -3.33. The number of ether oxygens (including phenoxy) is 1. The largest absolute Gasteiger partial charge is 0.466 e. The molecule has 142 valence electrons. The molecule has 0 saturated heterocycles. The van der Waals surface area contributed by atoms with Crippen LogP contribution in [0.2, 0.25) is 0 Å². The van der Waals surface area contributed by atoms with Crippen molar-refractivity contribution >= 4 is 27.4 Å². The number of benzene rings is 1. The van der Waals surface area contributed by atoms with Gasteiger partial charge in [0.15, 0.2) is 9.84 Å². The zero-order valence-corrected chi connectivity index (χ0v) is 15.5. The first kappa shape index (κ1) is 19.9. The standard InChI is InChI=1S/C17H22N2O6S/c1-3-10-26(23,24)13-6-4-12(5-7-13)18-15-14(17(22)25-2)11-19(8-9-20)16(15)21/h4-7,18,20H,3,8-11H2,1-2H3. The fourth-order valence-corrected chi connectivity index (χ4v) is 3.95. The van der Waals surface area contributed by atoms with Gasteiger partial charge in [0.25, 0.3) is 5.91 Å². The summed E-state index contributed by atoms with van der Waals surface area (Å²) in [5.74, 6) is -1.00. The maximum atomic E-state index is 12.4. The van der Waals surface area contributed by atoms with Crippen molar-refractivity contribution in [3.8, 4) is 0 Å². The van der Waals surface area contributed by atoms with Crippen LogP contribution < -0.4 is 5.32 Å². The molecule has 0 aliphatic carbocycles. The predicted molar refractivity (Wildman–Crippen MR) is 95.1 cm³/mol. The topological polar surface area (TPSA) is 113 Å². The molecule has 2 rings (SSSR count). The van der Waals surface area contributed by atoms with Gasteiger partial charge in [-0.05, 0) is 30.7 Å². The van der Waals surface area contributed by atoms with Crippen LogP contribution in [-0.4, -0.2) is 62.9 Å². The average molecular weight is 382 g/mol. The fraction of sp³-hybridized carbons (Fsp3) is 0.412. The third-order valence-electron chi connectivity index (χ3n) is 3.91. The van der Waals surface area contributed by atoms with Crippen LogP contribution in [0.25, 0.3) is 0 Å². The molecule has 1 heterocycles. The number of carbonyl (C=O) groups is 2. The van der Waals surface area contributed by atoms with E-state index in [0.717, 1.165) is 0 Å². The Hall–Kier alpha value is -2.39. The Bertz CT molecular complexity index is 814. The summed E-state index contributed by atoms with van der Waals surface area (Å²) in [5.41, 5.74) is 0.694. The lowest BCUT2D eigenvalue weighted by atomic mass is 10.2. The van der Waals surface area contributed by atoms with Crippen molar-refractivity contribution in [2.75, 3.05) is 37.9 Å². The van der Waals surface area contributed by atoms with Crippen LogP contribution >= 0.6 is 0 Å². The molecule has 1 aromatic carbocycles. The Kier molecular flexibility index (Phi) is 6.38. The van der Waals surface area contributed by atoms with Crippen LogP contribution in [0.4, 0.5) is 5.69 Å². The van der Waals surface area contributed by atoms with Gasteiger partial charge in [-0.2, -0.15) is 0 Å². The third-order valence-corrected chi connectivity index (χ3v) is 5.85. The van der Waals surface area contributed by atoms with Gasteiger partial charge in [-0.15, -0.1) is 0 Å². The molecule has 0 atom stereocenters. The van der Waals surface area contributed by atoms with E-state index in [1.165, 1.54) is 36.3 Å². The van der Waals surface area contributed by atoms with Crippen LogP contribution in [0.15, 0.2) is 40.4 Å². The smallest absolute Gasteiger partial charge is 0.337 e. The number of sulfone groups is 1. The number of amides is 1. The Morgan fingerprint density at radius 1 is 1.31 bits per heavy atom. The minimum Gasteiger partial charge on any atom is -0.466 e. The highest BCUT2D eigenvalue weighted by Gasteiger charge is 2.34. The second kappa shape index (κ2) is 8.33. The highest BCUT2D eigenvalue weighted by molar-refractivity contribution is 7.91. The summed E-state index contributed by atoms with van der Waals surface area (Å²) in [6, 6.07) is 5.98. The van der Waals surface area contributed by atoms with E-state index in [1.807, 2.05) is 0 Å². The lowest BCUT2D eigenvalue weighted by Gasteiger charge is -2.15. The van der Waals surface area contributed by atoms with Crippen LogP contribution in [0, 0.1) is 0 Å². The van der Waals surface area contributed by atoms with Crippen molar-refractivity contribution in [2.45, 2.75) is 18.2 Å². The first-order valence-corrected chi connectivity index (χ1v) is 9.80. The van der Waals surface area contributed by atoms with Crippen LogP contribution in [0.5, 0.6) is 0 Å². The first-order valence-electron chi connectivity index (χ1n) is 8.15. The van der Waals surface area contributed by atoms with Crippen LogP contribution in [0.1, 0.15) is 13.3 Å². The van der Waals surface area contributed by atoms with Gasteiger partial charge in [0.1, 0.15) is 5.70 Å². The molecule has 1 aliphatic rings. The van der Waals surface area contributed by atoms with Crippen molar-refractivity contribution in [3.05, 3.63) is 35.5 Å². The number of carbonyl (C=O) groups excluding carboxylic acids is 2. The highest BCUT2D eigenvalue weighted by Crippen LogP contribution is 2.24. The van der Waals surface area contributed by atoms with E-state index in [0.29, 0.717) is 12.1 Å². The molecule has 9 heteroatoms. The minimum absolute atomic E-state index is 0.0391. The molecule has 1 amide bonds. The second-order valence-corrected chi connectivity index (χ2v) is 7.87. The number of esters is 1. The molecule has 0 fully saturated rings. The highest BCUT2D eigenvalue weighted by atomic mass is 32.2. The molecule has 0 bridgehead atoms. The summed E-state index contributed by atoms with van der Waals surface area (Å²) in [4.78, 5) is 25.9. The number of nitrogens with one attached hydrogen (secondary N) is 1. The molecule has 0 spiro atoms. The maximum Gasteiger partial charge on any atom is 0.337 e. The molecule has 0 unspecified atom stereocenters. The molecular weight excluding hydrogens is 360 g/mol. The number of hydrogen-bond donors (Lipinski definition) is 2. The van der Waals surface area contributed by atoms with Gasteiger partial charge < -0.3 is 20.1 Å². The van der Waals surface area contributed by atoms with Crippen molar-refractivity contribution in [1.82, 2.24) is 4.90 Å². The molecule has 8 nitrogen and oxygen atoms in total. The molecule has 0 radical (unpaired) electrons. The van der Waals surface area contributed by atoms with Gasteiger partial charge >= 0.3 is 5.97 Å². The number of aliphatic hydroxyl groups is 1. The molecule has 1 aliphatic heterocycles. The van der Waals surface area contributed by atoms with Crippen molar-refractivity contribution in [1.29, 1.82) is 0 Å². The first-order chi connectivity index (χ1) is 12.3. The fourth-order valence-electron chi connectivity index (χ4n) is 2.63. The van der Waals surface area contributed by atoms with Gasteiger partial charge in [-0.1, -0.05) is 6.92 Å². The molecular formula is C17H22N2O6S. The Balaban J connectivity index is 2.27. The number of aliphatic hydroxyl groups excluding tert-OH is 1. The van der Waals surface area contributed by atoms with E-state index >= 15 is 0 Å². The van der Waals surface area contributed by atoms with Gasteiger partial charge in [0.2, 0.25) is 0 Å². The van der Waals surface area contributed by atoms with Gasteiger partial charge in [0.05, 0.1) is 36.5 Å². The van der Waals surface area contributed by atoms with E-state index < -0.39 is 21.7 Å². The molecule has 0 aromatic heterocycles. The quantitative estimate of drug-likeness (QED) is 0.631. The van der Waals surface area contributed by atoms with Gasteiger partial charge in [-0.25, -0.2) is 13.2 Å². The van der Waals surface area contributed by atoms with Gasteiger partial charge in [-0.3, -0.25) is 4.79 Å². The van der Waals surface area contributed by atoms with Crippen LogP contribution in [0.3, 0.4) is 0 Å². The zero-order valence-electron chi connectivity index (χ0n) is 14.7. The summed E-state index contributed by atoms with van der Waals surface area (Å²) in [7, 11) is -2.10. The molecule has 2 N–H and O–H groups in total. The maximum absolute atomic E-state index is 12.4. The van der Waals surface area contributed by atoms with Crippen molar-refractivity contribution in [3.63, 3.8) is 0 Å². The molecule has 26 heavy (non-hydrogen) atoms. The normalized spacial score (nSPS) is 14.7. The zero-order chi connectivity index (χ0) is 19.3. The number of anilines is 1. The summed E-state index contributed by atoms with van der Waals surface area (Å²) in [6.45, 7) is 1.70. The SMILES string of the molecule is CCCS(=O)(=O)c1ccc(NC2=C(C(=O)OC)CN(CCO)C2=O)cc1. The predicted octanol–water partition coefficient (Wildman–Crippen LogP) is 0.544.